The lowest BCUT2D eigenvalue weighted by Crippen LogP contribution is -2.57. The summed E-state index contributed by atoms with van der Waals surface area (Å²) >= 11 is 0. The van der Waals surface area contributed by atoms with Crippen molar-refractivity contribution >= 4 is 88.5 Å². The van der Waals surface area contributed by atoms with E-state index in [-0.39, 0.29) is 6.71 Å². The molecule has 0 N–H and O–H groups in total. The minimum atomic E-state index is 0.0264. The van der Waals surface area contributed by atoms with Gasteiger partial charge in [-0.2, -0.15) is 0 Å². The van der Waals surface area contributed by atoms with Crippen LogP contribution >= 0.6 is 0 Å². The number of rotatable bonds is 5. The average molecular weight is 785 g/mol. The molecule has 12 rings (SSSR count). The minimum absolute atomic E-state index is 0.0264. The second-order valence-electron chi connectivity index (χ2n) is 17.8. The number of hydrogen-bond donors (Lipinski definition) is 0. The van der Waals surface area contributed by atoms with Crippen molar-refractivity contribution in [3.05, 3.63) is 184 Å². The Labute approximate surface area is 356 Å². The number of hydrogen-bond acceptors (Lipinski definition) is 2. The summed E-state index contributed by atoms with van der Waals surface area (Å²) in [6, 6.07) is 51.8. The molecule has 0 amide bonds. The smallest absolute Gasteiger partial charge is 0.242 e. The number of furan rings is 2. The van der Waals surface area contributed by atoms with Crippen molar-refractivity contribution in [3.63, 3.8) is 0 Å². The first-order chi connectivity index (χ1) is 29.7. The van der Waals surface area contributed by atoms with E-state index < -0.39 is 0 Å². The lowest BCUT2D eigenvalue weighted by atomic mass is 9.33. The van der Waals surface area contributed by atoms with Crippen molar-refractivity contribution in [2.75, 3.05) is 0 Å². The van der Waals surface area contributed by atoms with Crippen LogP contribution < -0.4 is 16.4 Å². The van der Waals surface area contributed by atoms with Crippen molar-refractivity contribution in [2.24, 2.45) is 0 Å². The van der Waals surface area contributed by atoms with E-state index in [0.29, 0.717) is 0 Å². The molecule has 61 heavy (non-hydrogen) atoms. The molecule has 0 radical (unpaired) electrons. The molecule has 0 fully saturated rings. The van der Waals surface area contributed by atoms with Gasteiger partial charge in [0.1, 0.15) is 22.3 Å². The van der Waals surface area contributed by atoms with Crippen LogP contribution in [0.3, 0.4) is 0 Å². The van der Waals surface area contributed by atoms with E-state index in [2.05, 4.69) is 181 Å². The SMILES string of the molecule is Cc1cc(C)c(B(c2cc(-c3cccc4c3oc3ccccc34)c3ccc4ccc(-c5cccc6c5oc5ccccc56)c5c4c3c2CC5)c2c(C)cc(C)cc2C)c(C)c1. The lowest BCUT2D eigenvalue weighted by molar-refractivity contribution is 0.669. The first kappa shape index (κ1) is 36.1. The van der Waals surface area contributed by atoms with Crippen LogP contribution in [0.5, 0.6) is 0 Å². The fourth-order valence-electron chi connectivity index (χ4n) is 11.7. The lowest BCUT2D eigenvalue weighted by Gasteiger charge is -2.30. The quantitative estimate of drug-likeness (QED) is 0.128. The Kier molecular flexibility index (Phi) is 7.88. The molecule has 3 heteroatoms. The van der Waals surface area contributed by atoms with Gasteiger partial charge in [-0.1, -0.05) is 177 Å². The Hall–Kier alpha value is -6.84. The van der Waals surface area contributed by atoms with E-state index in [1.165, 1.54) is 93.6 Å². The van der Waals surface area contributed by atoms with Crippen molar-refractivity contribution < 1.29 is 8.83 Å². The van der Waals surface area contributed by atoms with Crippen LogP contribution in [-0.4, -0.2) is 6.71 Å². The van der Waals surface area contributed by atoms with Gasteiger partial charge in [0.15, 0.2) is 0 Å². The van der Waals surface area contributed by atoms with Gasteiger partial charge in [0.2, 0.25) is 6.71 Å². The molecule has 0 aliphatic heterocycles. The first-order valence-electron chi connectivity index (χ1n) is 21.7. The Morgan fingerprint density at radius 1 is 0.393 bits per heavy atom. The fourth-order valence-corrected chi connectivity index (χ4v) is 11.7. The predicted octanol–water partition coefficient (Wildman–Crippen LogP) is 13.6. The number of fused-ring (bicyclic) bond motifs is 6. The third-order valence-electron chi connectivity index (χ3n) is 13.9. The molecular formula is C58H45BO2. The largest absolute Gasteiger partial charge is 0.455 e. The molecule has 2 aromatic heterocycles. The third-order valence-corrected chi connectivity index (χ3v) is 13.9. The van der Waals surface area contributed by atoms with Gasteiger partial charge in [0.05, 0.1) is 0 Å². The highest BCUT2D eigenvalue weighted by atomic mass is 16.3. The van der Waals surface area contributed by atoms with Gasteiger partial charge in [0.25, 0.3) is 0 Å². The van der Waals surface area contributed by atoms with E-state index >= 15 is 0 Å². The molecule has 2 heterocycles. The van der Waals surface area contributed by atoms with Gasteiger partial charge in [-0.15, -0.1) is 0 Å². The molecule has 1 aliphatic rings. The van der Waals surface area contributed by atoms with Crippen LogP contribution in [0.25, 0.3) is 87.7 Å². The van der Waals surface area contributed by atoms with E-state index in [1.54, 1.807) is 0 Å². The van der Waals surface area contributed by atoms with Crippen LogP contribution in [0.2, 0.25) is 0 Å². The van der Waals surface area contributed by atoms with Gasteiger partial charge in [0, 0.05) is 32.7 Å². The Morgan fingerprint density at radius 2 is 0.885 bits per heavy atom. The second kappa shape index (κ2) is 13.3. The highest BCUT2D eigenvalue weighted by Gasteiger charge is 2.34. The van der Waals surface area contributed by atoms with Crippen LogP contribution in [-0.2, 0) is 12.8 Å². The zero-order chi connectivity index (χ0) is 41.3. The fraction of sp³-hybridized carbons (Fsp3) is 0.138. The highest BCUT2D eigenvalue weighted by Crippen LogP contribution is 2.46. The molecule has 0 spiro atoms. The van der Waals surface area contributed by atoms with Crippen LogP contribution in [0.1, 0.15) is 44.5 Å². The molecule has 2 nitrogen and oxygen atoms in total. The minimum Gasteiger partial charge on any atom is -0.455 e. The van der Waals surface area contributed by atoms with Crippen LogP contribution in [0.15, 0.2) is 148 Å². The van der Waals surface area contributed by atoms with Crippen molar-refractivity contribution in [3.8, 4) is 22.3 Å². The van der Waals surface area contributed by atoms with E-state index in [0.717, 1.165) is 67.8 Å². The van der Waals surface area contributed by atoms with Gasteiger partial charge in [-0.25, -0.2) is 0 Å². The summed E-state index contributed by atoms with van der Waals surface area (Å²) < 4.78 is 13.5. The zero-order valence-electron chi connectivity index (χ0n) is 35.6. The molecule has 0 bridgehead atoms. The predicted molar refractivity (Wildman–Crippen MR) is 260 cm³/mol. The summed E-state index contributed by atoms with van der Waals surface area (Å²) in [6.45, 7) is 13.8. The molecule has 292 valence electrons. The van der Waals surface area contributed by atoms with Crippen molar-refractivity contribution in [2.45, 2.75) is 54.4 Å². The Bertz CT molecular complexity index is 3570. The maximum absolute atomic E-state index is 6.85. The first-order valence-corrected chi connectivity index (χ1v) is 21.7. The average Bonchev–Trinajstić information content (AvgIpc) is 3.83. The molecule has 9 aromatic carbocycles. The highest BCUT2D eigenvalue weighted by molar-refractivity contribution is 6.97. The van der Waals surface area contributed by atoms with E-state index in [1.807, 2.05) is 0 Å². The summed E-state index contributed by atoms with van der Waals surface area (Å²) in [5.41, 5.74) is 23.5. The number of para-hydroxylation sites is 4. The Balaban J connectivity index is 1.25. The molecule has 11 aromatic rings. The molecular weight excluding hydrogens is 739 g/mol. The van der Waals surface area contributed by atoms with E-state index in [9.17, 15) is 0 Å². The van der Waals surface area contributed by atoms with Crippen molar-refractivity contribution in [1.29, 1.82) is 0 Å². The van der Waals surface area contributed by atoms with E-state index in [4.69, 9.17) is 8.83 Å². The third kappa shape index (κ3) is 5.29. The molecule has 0 saturated heterocycles. The molecule has 1 aliphatic carbocycles. The summed E-state index contributed by atoms with van der Waals surface area (Å²) in [4.78, 5) is 0. The topological polar surface area (TPSA) is 26.3 Å². The maximum Gasteiger partial charge on any atom is 0.242 e. The summed E-state index contributed by atoms with van der Waals surface area (Å²) in [7, 11) is 0. The molecule has 0 unspecified atom stereocenters. The van der Waals surface area contributed by atoms with Gasteiger partial charge < -0.3 is 8.83 Å². The van der Waals surface area contributed by atoms with Gasteiger partial charge in [-0.3, -0.25) is 0 Å². The number of aryl methyl sites for hydroxylation is 8. The van der Waals surface area contributed by atoms with Crippen LogP contribution in [0.4, 0.5) is 0 Å². The summed E-state index contributed by atoms with van der Waals surface area (Å²) in [6.07, 6.45) is 1.87. The monoisotopic (exact) mass is 784 g/mol. The van der Waals surface area contributed by atoms with Crippen LogP contribution in [0, 0.1) is 41.5 Å². The summed E-state index contributed by atoms with van der Waals surface area (Å²) in [5, 5.41) is 9.88. The van der Waals surface area contributed by atoms with Gasteiger partial charge in [-0.05, 0) is 110 Å². The Morgan fingerprint density at radius 3 is 1.46 bits per heavy atom. The molecule has 0 atom stereocenters. The second-order valence-corrected chi connectivity index (χ2v) is 17.8. The maximum atomic E-state index is 6.85. The van der Waals surface area contributed by atoms with Gasteiger partial charge >= 0.3 is 0 Å². The zero-order valence-corrected chi connectivity index (χ0v) is 35.6. The number of benzene rings is 9. The molecule has 0 saturated carbocycles. The standard InChI is InChI=1S/C58H45BO2/c1-32-27-34(3)55(35(4)28-32)59(56-36(5)29-33(2)30-37(56)6)50-31-49(47-18-12-17-46-41-14-8-10-20-52(41)61-58(46)47)43-24-22-38-21-23-39(42-25-26-48(50)54(43)53(38)42)44-15-11-16-45-40-13-7-9-19-51(40)60-57(44)45/h7-24,27-31H,25-26H2,1-6H3. The van der Waals surface area contributed by atoms with Crippen molar-refractivity contribution in [1.82, 2.24) is 0 Å². The summed E-state index contributed by atoms with van der Waals surface area (Å²) in [5.74, 6) is 0. The normalized spacial score (nSPS) is 12.6.